The number of aryl methyl sites for hydroxylation is 1. The third-order valence-corrected chi connectivity index (χ3v) is 3.52. The van der Waals surface area contributed by atoms with Crippen molar-refractivity contribution in [1.82, 2.24) is 0 Å². The zero-order chi connectivity index (χ0) is 11.4. The summed E-state index contributed by atoms with van der Waals surface area (Å²) in [5.74, 6) is 0.664. The zero-order valence-electron chi connectivity index (χ0n) is 9.63. The Balaban J connectivity index is 1.88. The second-order valence-corrected chi connectivity index (χ2v) is 5.34. The Morgan fingerprint density at radius 1 is 1.50 bits per heavy atom. The van der Waals surface area contributed by atoms with Gasteiger partial charge in [0.25, 0.3) is 0 Å². The monoisotopic (exact) mass is 283 g/mol. The van der Waals surface area contributed by atoms with Gasteiger partial charge in [0, 0.05) is 23.3 Å². The summed E-state index contributed by atoms with van der Waals surface area (Å²) in [7, 11) is 0. The molecule has 1 atom stereocenters. The lowest BCUT2D eigenvalue weighted by molar-refractivity contribution is 0.0595. The van der Waals surface area contributed by atoms with E-state index in [9.17, 15) is 0 Å². The summed E-state index contributed by atoms with van der Waals surface area (Å²) in [5, 5.41) is 3.51. The van der Waals surface area contributed by atoms with Gasteiger partial charge in [0.15, 0.2) is 0 Å². The van der Waals surface area contributed by atoms with E-state index in [0.717, 1.165) is 24.2 Å². The molecule has 0 amide bonds. The first kappa shape index (κ1) is 11.9. The highest BCUT2D eigenvalue weighted by Gasteiger charge is 2.13. The fourth-order valence-corrected chi connectivity index (χ4v) is 2.52. The third-order valence-electron chi connectivity index (χ3n) is 3.02. The topological polar surface area (TPSA) is 21.3 Å². The number of ether oxygens (including phenoxy) is 1. The van der Waals surface area contributed by atoms with E-state index in [1.54, 1.807) is 0 Å². The standard InChI is InChI=1S/C13H18BrNO/c1-10-7-12(14)4-5-13(10)15-8-11-3-2-6-16-9-11/h4-5,7,11,15H,2-3,6,8-9H2,1H3. The number of anilines is 1. The van der Waals surface area contributed by atoms with Crippen LogP contribution in [0.25, 0.3) is 0 Å². The third kappa shape index (κ3) is 3.22. The summed E-state index contributed by atoms with van der Waals surface area (Å²) in [6, 6.07) is 6.34. The number of hydrogen-bond acceptors (Lipinski definition) is 2. The van der Waals surface area contributed by atoms with E-state index in [1.165, 1.54) is 24.1 Å². The molecule has 0 saturated carbocycles. The lowest BCUT2D eigenvalue weighted by Crippen LogP contribution is -2.24. The molecule has 16 heavy (non-hydrogen) atoms. The minimum atomic E-state index is 0.664. The van der Waals surface area contributed by atoms with E-state index < -0.39 is 0 Å². The van der Waals surface area contributed by atoms with Crippen molar-refractivity contribution in [2.24, 2.45) is 5.92 Å². The number of nitrogens with one attached hydrogen (secondary N) is 1. The number of halogens is 1. The Labute approximate surface area is 106 Å². The first-order valence-electron chi connectivity index (χ1n) is 5.83. The Bertz CT molecular complexity index is 348. The van der Waals surface area contributed by atoms with Gasteiger partial charge in [0.05, 0.1) is 6.61 Å². The molecule has 1 N–H and O–H groups in total. The Morgan fingerprint density at radius 3 is 3.06 bits per heavy atom. The van der Waals surface area contributed by atoms with Crippen LogP contribution in [-0.2, 0) is 4.74 Å². The fraction of sp³-hybridized carbons (Fsp3) is 0.538. The molecule has 0 radical (unpaired) electrons. The molecule has 0 bridgehead atoms. The average Bonchev–Trinajstić information content (AvgIpc) is 2.29. The molecule has 1 unspecified atom stereocenters. The van der Waals surface area contributed by atoms with Gasteiger partial charge in [-0.15, -0.1) is 0 Å². The van der Waals surface area contributed by atoms with Gasteiger partial charge in [-0.1, -0.05) is 15.9 Å². The van der Waals surface area contributed by atoms with Crippen LogP contribution in [0.2, 0.25) is 0 Å². The van der Waals surface area contributed by atoms with Crippen molar-refractivity contribution in [3.8, 4) is 0 Å². The van der Waals surface area contributed by atoms with Gasteiger partial charge >= 0.3 is 0 Å². The highest BCUT2D eigenvalue weighted by atomic mass is 79.9. The van der Waals surface area contributed by atoms with Crippen molar-refractivity contribution < 1.29 is 4.74 Å². The molecule has 1 aromatic carbocycles. The number of benzene rings is 1. The van der Waals surface area contributed by atoms with Crippen LogP contribution in [0.5, 0.6) is 0 Å². The molecule has 2 nitrogen and oxygen atoms in total. The lowest BCUT2D eigenvalue weighted by Gasteiger charge is -2.23. The molecule has 1 fully saturated rings. The maximum absolute atomic E-state index is 5.47. The molecule has 1 aromatic rings. The van der Waals surface area contributed by atoms with Crippen LogP contribution < -0.4 is 5.32 Å². The van der Waals surface area contributed by atoms with Crippen molar-refractivity contribution in [3.05, 3.63) is 28.2 Å². The highest BCUT2D eigenvalue weighted by molar-refractivity contribution is 9.10. The Morgan fingerprint density at radius 2 is 2.38 bits per heavy atom. The van der Waals surface area contributed by atoms with Gasteiger partial charge in [0.1, 0.15) is 0 Å². The van der Waals surface area contributed by atoms with E-state index >= 15 is 0 Å². The predicted octanol–water partition coefficient (Wildman–Crippen LogP) is 3.60. The number of hydrogen-bond donors (Lipinski definition) is 1. The van der Waals surface area contributed by atoms with Crippen LogP contribution in [0.1, 0.15) is 18.4 Å². The minimum Gasteiger partial charge on any atom is -0.384 e. The van der Waals surface area contributed by atoms with Crippen molar-refractivity contribution in [2.75, 3.05) is 25.1 Å². The summed E-state index contributed by atoms with van der Waals surface area (Å²) in [5.41, 5.74) is 2.51. The van der Waals surface area contributed by atoms with Crippen LogP contribution >= 0.6 is 15.9 Å². The van der Waals surface area contributed by atoms with E-state index in [2.05, 4.69) is 46.4 Å². The first-order chi connectivity index (χ1) is 7.75. The molecule has 3 heteroatoms. The van der Waals surface area contributed by atoms with Crippen LogP contribution in [0.15, 0.2) is 22.7 Å². The molecule has 0 aliphatic carbocycles. The van der Waals surface area contributed by atoms with Gasteiger partial charge in [-0.2, -0.15) is 0 Å². The second-order valence-electron chi connectivity index (χ2n) is 4.42. The molecule has 1 aliphatic rings. The maximum atomic E-state index is 5.47. The fourth-order valence-electron chi connectivity index (χ4n) is 2.05. The van der Waals surface area contributed by atoms with Crippen LogP contribution in [0, 0.1) is 12.8 Å². The summed E-state index contributed by atoms with van der Waals surface area (Å²) >= 11 is 3.48. The Kier molecular flexibility index (Phi) is 4.24. The Hall–Kier alpha value is -0.540. The highest BCUT2D eigenvalue weighted by Crippen LogP contribution is 2.21. The van der Waals surface area contributed by atoms with Crippen molar-refractivity contribution in [3.63, 3.8) is 0 Å². The average molecular weight is 284 g/mol. The largest absolute Gasteiger partial charge is 0.384 e. The summed E-state index contributed by atoms with van der Waals surface area (Å²) < 4.78 is 6.61. The van der Waals surface area contributed by atoms with Crippen LogP contribution in [0.3, 0.4) is 0 Å². The molecule has 0 spiro atoms. The second kappa shape index (κ2) is 5.69. The van der Waals surface area contributed by atoms with E-state index in [0.29, 0.717) is 5.92 Å². The van der Waals surface area contributed by atoms with Gasteiger partial charge in [-0.3, -0.25) is 0 Å². The summed E-state index contributed by atoms with van der Waals surface area (Å²) in [4.78, 5) is 0. The molecule has 88 valence electrons. The number of rotatable bonds is 3. The van der Waals surface area contributed by atoms with Gasteiger partial charge < -0.3 is 10.1 Å². The summed E-state index contributed by atoms with van der Waals surface area (Å²) in [6.07, 6.45) is 2.48. The summed E-state index contributed by atoms with van der Waals surface area (Å²) in [6.45, 7) is 4.99. The molecular formula is C13H18BrNO. The van der Waals surface area contributed by atoms with Gasteiger partial charge in [0.2, 0.25) is 0 Å². The van der Waals surface area contributed by atoms with Crippen LogP contribution in [-0.4, -0.2) is 19.8 Å². The normalized spacial score (nSPS) is 20.8. The molecule has 1 saturated heterocycles. The van der Waals surface area contributed by atoms with Gasteiger partial charge in [-0.25, -0.2) is 0 Å². The van der Waals surface area contributed by atoms with Crippen molar-refractivity contribution >= 4 is 21.6 Å². The molecule has 0 aromatic heterocycles. The first-order valence-corrected chi connectivity index (χ1v) is 6.63. The quantitative estimate of drug-likeness (QED) is 0.915. The van der Waals surface area contributed by atoms with E-state index in [4.69, 9.17) is 4.74 Å². The van der Waals surface area contributed by atoms with Crippen molar-refractivity contribution in [1.29, 1.82) is 0 Å². The lowest BCUT2D eigenvalue weighted by atomic mass is 10.0. The SMILES string of the molecule is Cc1cc(Br)ccc1NCC1CCCOC1. The smallest absolute Gasteiger partial charge is 0.0511 e. The molecule has 1 heterocycles. The maximum Gasteiger partial charge on any atom is 0.0511 e. The zero-order valence-corrected chi connectivity index (χ0v) is 11.2. The van der Waals surface area contributed by atoms with Crippen LogP contribution in [0.4, 0.5) is 5.69 Å². The van der Waals surface area contributed by atoms with Gasteiger partial charge in [-0.05, 0) is 49.4 Å². The molecular weight excluding hydrogens is 266 g/mol. The molecule has 1 aliphatic heterocycles. The van der Waals surface area contributed by atoms with E-state index in [-0.39, 0.29) is 0 Å². The predicted molar refractivity (Wildman–Crippen MR) is 70.9 cm³/mol. The van der Waals surface area contributed by atoms with Crippen molar-refractivity contribution in [2.45, 2.75) is 19.8 Å². The van der Waals surface area contributed by atoms with E-state index in [1.807, 2.05) is 0 Å². The molecule has 2 rings (SSSR count). The minimum absolute atomic E-state index is 0.664.